The first kappa shape index (κ1) is 13.4. The summed E-state index contributed by atoms with van der Waals surface area (Å²) in [6.07, 6.45) is -4.46. The van der Waals surface area contributed by atoms with Crippen molar-refractivity contribution >= 4 is 29.0 Å². The quantitative estimate of drug-likeness (QED) is 0.721. The Balaban J connectivity index is 2.59. The Morgan fingerprint density at radius 2 is 2.06 bits per heavy atom. The van der Waals surface area contributed by atoms with Crippen molar-refractivity contribution < 1.29 is 18.0 Å². The number of nitrogen functional groups attached to an aromatic ring is 1. The highest BCUT2D eigenvalue weighted by Gasteiger charge is 2.27. The van der Waals surface area contributed by atoms with Crippen LogP contribution in [0.5, 0.6) is 0 Å². The van der Waals surface area contributed by atoms with Crippen molar-refractivity contribution in [2.45, 2.75) is 6.18 Å². The summed E-state index contributed by atoms with van der Waals surface area (Å²) in [6, 6.07) is 3.26. The maximum atomic E-state index is 11.8. The van der Waals surface area contributed by atoms with Gasteiger partial charge in [0.1, 0.15) is 6.54 Å². The Kier molecular flexibility index (Phi) is 4.06. The molecule has 4 N–H and O–H groups in total. The molecule has 0 saturated heterocycles. The second kappa shape index (κ2) is 5.13. The van der Waals surface area contributed by atoms with Crippen molar-refractivity contribution in [2.24, 2.45) is 0 Å². The minimum absolute atomic E-state index is 0.150. The highest BCUT2D eigenvalue weighted by atomic mass is 35.5. The SMILES string of the molecule is Nc1ccc(Cl)cc1NC(=O)NCC(F)(F)F. The number of alkyl halides is 3. The van der Waals surface area contributed by atoms with Crippen molar-refractivity contribution in [1.82, 2.24) is 5.32 Å². The van der Waals surface area contributed by atoms with Crippen LogP contribution in [0.1, 0.15) is 0 Å². The average molecular weight is 268 g/mol. The highest BCUT2D eigenvalue weighted by molar-refractivity contribution is 6.31. The molecule has 0 atom stereocenters. The van der Waals surface area contributed by atoms with E-state index in [9.17, 15) is 18.0 Å². The number of carbonyl (C=O) groups is 1. The van der Waals surface area contributed by atoms with Crippen LogP contribution in [0.4, 0.5) is 29.3 Å². The second-order valence-corrected chi connectivity index (χ2v) is 3.59. The van der Waals surface area contributed by atoms with Crippen molar-refractivity contribution in [3.8, 4) is 0 Å². The van der Waals surface area contributed by atoms with E-state index in [-0.39, 0.29) is 11.4 Å². The van der Waals surface area contributed by atoms with Crippen LogP contribution in [0.25, 0.3) is 0 Å². The molecule has 17 heavy (non-hydrogen) atoms. The summed E-state index contributed by atoms with van der Waals surface area (Å²) in [4.78, 5) is 11.1. The zero-order chi connectivity index (χ0) is 13.1. The Bertz CT molecular complexity index is 422. The average Bonchev–Trinajstić information content (AvgIpc) is 2.20. The lowest BCUT2D eigenvalue weighted by Gasteiger charge is -2.11. The van der Waals surface area contributed by atoms with E-state index in [0.717, 1.165) is 0 Å². The molecule has 0 spiro atoms. The Morgan fingerprint density at radius 3 is 2.65 bits per heavy atom. The van der Waals surface area contributed by atoms with Crippen LogP contribution in [-0.4, -0.2) is 18.8 Å². The molecule has 0 radical (unpaired) electrons. The fourth-order valence-electron chi connectivity index (χ4n) is 0.984. The predicted octanol–water partition coefficient (Wildman–Crippen LogP) is 2.61. The first-order chi connectivity index (χ1) is 7.78. The Labute approximate surface area is 99.9 Å². The standard InChI is InChI=1S/C9H9ClF3N3O/c10-5-1-2-6(14)7(3-5)16-8(17)15-4-9(11,12)13/h1-3H,4,14H2,(H2,15,16,17). The van der Waals surface area contributed by atoms with Gasteiger partial charge in [0.05, 0.1) is 11.4 Å². The van der Waals surface area contributed by atoms with Gasteiger partial charge in [-0.2, -0.15) is 13.2 Å². The smallest absolute Gasteiger partial charge is 0.397 e. The van der Waals surface area contributed by atoms with Gasteiger partial charge in [0.2, 0.25) is 0 Å². The number of anilines is 2. The highest BCUT2D eigenvalue weighted by Crippen LogP contribution is 2.22. The molecule has 94 valence electrons. The monoisotopic (exact) mass is 267 g/mol. The normalized spacial score (nSPS) is 11.1. The number of amides is 2. The molecule has 0 aliphatic rings. The number of urea groups is 1. The van der Waals surface area contributed by atoms with E-state index < -0.39 is 18.8 Å². The van der Waals surface area contributed by atoms with Crippen LogP contribution in [0, 0.1) is 0 Å². The predicted molar refractivity (Wildman–Crippen MR) is 58.9 cm³/mol. The Morgan fingerprint density at radius 1 is 1.41 bits per heavy atom. The van der Waals surface area contributed by atoms with E-state index in [1.54, 1.807) is 5.32 Å². The van der Waals surface area contributed by atoms with E-state index in [0.29, 0.717) is 5.02 Å². The summed E-state index contributed by atoms with van der Waals surface area (Å²) in [5, 5.41) is 4.12. The summed E-state index contributed by atoms with van der Waals surface area (Å²) >= 11 is 5.64. The third-order valence-corrected chi connectivity index (χ3v) is 1.95. The van der Waals surface area contributed by atoms with Crippen molar-refractivity contribution in [1.29, 1.82) is 0 Å². The van der Waals surface area contributed by atoms with Crippen molar-refractivity contribution in [3.63, 3.8) is 0 Å². The fraction of sp³-hybridized carbons (Fsp3) is 0.222. The molecule has 0 fully saturated rings. The summed E-state index contributed by atoms with van der Waals surface area (Å²) < 4.78 is 35.4. The first-order valence-electron chi connectivity index (χ1n) is 4.44. The molecule has 1 aromatic rings. The zero-order valence-electron chi connectivity index (χ0n) is 8.44. The molecule has 0 heterocycles. The van der Waals surface area contributed by atoms with Gasteiger partial charge in [-0.15, -0.1) is 0 Å². The number of hydrogen-bond donors (Lipinski definition) is 3. The fourth-order valence-corrected chi connectivity index (χ4v) is 1.16. The minimum Gasteiger partial charge on any atom is -0.397 e. The lowest BCUT2D eigenvalue weighted by molar-refractivity contribution is -0.122. The Hall–Kier alpha value is -1.63. The molecule has 0 aromatic heterocycles. The maximum Gasteiger partial charge on any atom is 0.405 e. The number of carbonyl (C=O) groups excluding carboxylic acids is 1. The summed E-state index contributed by atoms with van der Waals surface area (Å²) in [7, 11) is 0. The molecule has 0 bridgehead atoms. The number of benzene rings is 1. The van der Waals surface area contributed by atoms with E-state index in [4.69, 9.17) is 17.3 Å². The van der Waals surface area contributed by atoms with E-state index >= 15 is 0 Å². The van der Waals surface area contributed by atoms with Gasteiger partial charge in [-0.25, -0.2) is 4.79 Å². The molecule has 0 aliphatic heterocycles. The molecule has 8 heteroatoms. The molecule has 1 aromatic carbocycles. The van der Waals surface area contributed by atoms with E-state index in [2.05, 4.69) is 5.32 Å². The second-order valence-electron chi connectivity index (χ2n) is 3.15. The van der Waals surface area contributed by atoms with E-state index in [1.165, 1.54) is 18.2 Å². The van der Waals surface area contributed by atoms with E-state index in [1.807, 2.05) is 0 Å². The summed E-state index contributed by atoms with van der Waals surface area (Å²) in [5.41, 5.74) is 5.85. The van der Waals surface area contributed by atoms with Gasteiger partial charge in [-0.05, 0) is 18.2 Å². The zero-order valence-corrected chi connectivity index (χ0v) is 9.19. The van der Waals surface area contributed by atoms with Crippen LogP contribution < -0.4 is 16.4 Å². The van der Waals surface area contributed by atoms with Crippen molar-refractivity contribution in [2.75, 3.05) is 17.6 Å². The number of nitrogens with two attached hydrogens (primary N) is 1. The van der Waals surface area contributed by atoms with Crippen LogP contribution >= 0.6 is 11.6 Å². The largest absolute Gasteiger partial charge is 0.405 e. The molecule has 1 rings (SSSR count). The van der Waals surface area contributed by atoms with Gasteiger partial charge in [0.25, 0.3) is 0 Å². The molecular formula is C9H9ClF3N3O. The lowest BCUT2D eigenvalue weighted by Crippen LogP contribution is -2.36. The van der Waals surface area contributed by atoms with Gasteiger partial charge in [0.15, 0.2) is 0 Å². The summed E-state index contributed by atoms with van der Waals surface area (Å²) in [5.74, 6) is 0. The molecular weight excluding hydrogens is 259 g/mol. The van der Waals surface area contributed by atoms with Crippen LogP contribution in [-0.2, 0) is 0 Å². The molecule has 2 amide bonds. The summed E-state index contributed by atoms with van der Waals surface area (Å²) in [6.45, 7) is -1.42. The third-order valence-electron chi connectivity index (χ3n) is 1.71. The third kappa shape index (κ3) is 4.81. The lowest BCUT2D eigenvalue weighted by atomic mass is 10.3. The minimum atomic E-state index is -4.46. The van der Waals surface area contributed by atoms with Gasteiger partial charge >= 0.3 is 12.2 Å². The molecule has 4 nitrogen and oxygen atoms in total. The topological polar surface area (TPSA) is 67.1 Å². The number of rotatable bonds is 2. The van der Waals surface area contributed by atoms with Gasteiger partial charge < -0.3 is 16.4 Å². The van der Waals surface area contributed by atoms with Gasteiger partial charge in [-0.1, -0.05) is 11.6 Å². The number of nitrogens with one attached hydrogen (secondary N) is 2. The molecule has 0 saturated carbocycles. The number of hydrogen-bond acceptors (Lipinski definition) is 2. The number of halogens is 4. The van der Waals surface area contributed by atoms with Crippen LogP contribution in [0.2, 0.25) is 5.02 Å². The van der Waals surface area contributed by atoms with Crippen LogP contribution in [0.15, 0.2) is 18.2 Å². The first-order valence-corrected chi connectivity index (χ1v) is 4.82. The molecule has 0 aliphatic carbocycles. The van der Waals surface area contributed by atoms with Gasteiger partial charge in [0, 0.05) is 5.02 Å². The van der Waals surface area contributed by atoms with Gasteiger partial charge in [-0.3, -0.25) is 0 Å². The van der Waals surface area contributed by atoms with Crippen molar-refractivity contribution in [3.05, 3.63) is 23.2 Å². The molecule has 0 unspecified atom stereocenters. The van der Waals surface area contributed by atoms with Crippen LogP contribution in [0.3, 0.4) is 0 Å². The maximum absolute atomic E-state index is 11.8.